The lowest BCUT2D eigenvalue weighted by Crippen LogP contribution is -2.34. The summed E-state index contributed by atoms with van der Waals surface area (Å²) in [6, 6.07) is 11.6. The molecule has 0 saturated carbocycles. The summed E-state index contributed by atoms with van der Waals surface area (Å²) in [6.07, 6.45) is 1.89. The van der Waals surface area contributed by atoms with Crippen molar-refractivity contribution in [3.8, 4) is 5.75 Å². The molecule has 0 N–H and O–H groups in total. The Labute approximate surface area is 167 Å². The van der Waals surface area contributed by atoms with Gasteiger partial charge in [-0.3, -0.25) is 9.59 Å². The van der Waals surface area contributed by atoms with Crippen molar-refractivity contribution in [1.29, 1.82) is 0 Å². The van der Waals surface area contributed by atoms with E-state index in [1.54, 1.807) is 20.1 Å². The van der Waals surface area contributed by atoms with Crippen LogP contribution >= 0.6 is 11.6 Å². The highest BCUT2D eigenvalue weighted by Crippen LogP contribution is 2.41. The number of ether oxygens (including phenoxy) is 2. The van der Waals surface area contributed by atoms with Gasteiger partial charge in [-0.1, -0.05) is 29.8 Å². The normalized spacial score (nSPS) is 19.1. The van der Waals surface area contributed by atoms with E-state index in [-0.39, 0.29) is 17.4 Å². The van der Waals surface area contributed by atoms with Crippen molar-refractivity contribution in [3.05, 3.63) is 70.5 Å². The smallest absolute Gasteiger partial charge is 0.317 e. The summed E-state index contributed by atoms with van der Waals surface area (Å²) < 4.78 is 24.0. The van der Waals surface area contributed by atoms with Gasteiger partial charge in [0.25, 0.3) is 0 Å². The Balaban J connectivity index is 2.05. The fourth-order valence-electron chi connectivity index (χ4n) is 3.46. The maximum atomic E-state index is 13.6. The van der Waals surface area contributed by atoms with E-state index in [0.717, 1.165) is 11.1 Å². The van der Waals surface area contributed by atoms with Crippen molar-refractivity contribution >= 4 is 28.9 Å². The Morgan fingerprint density at radius 3 is 2.71 bits per heavy atom. The average Bonchev–Trinajstić information content (AvgIpc) is 2.69. The lowest BCUT2D eigenvalue weighted by Gasteiger charge is -2.29. The zero-order valence-corrected chi connectivity index (χ0v) is 16.3. The van der Waals surface area contributed by atoms with Crippen molar-refractivity contribution in [2.45, 2.75) is 19.3 Å². The van der Waals surface area contributed by atoms with Crippen LogP contribution in [0.1, 0.15) is 30.4 Å². The topological polar surface area (TPSA) is 52.6 Å². The molecule has 0 amide bonds. The summed E-state index contributed by atoms with van der Waals surface area (Å²) in [5, 5.41) is -0.0509. The molecule has 3 rings (SSSR count). The molecule has 0 saturated heterocycles. The molecule has 2 aromatic rings. The molecule has 1 aliphatic rings. The molecule has 0 heterocycles. The Hall–Kier alpha value is -2.66. The average molecular weight is 403 g/mol. The third kappa shape index (κ3) is 4.09. The second-order valence-corrected chi connectivity index (χ2v) is 6.92. The number of halogens is 2. The fourth-order valence-corrected chi connectivity index (χ4v) is 3.65. The Bertz CT molecular complexity index is 938. The summed E-state index contributed by atoms with van der Waals surface area (Å²) >= 11 is 5.94. The van der Waals surface area contributed by atoms with Gasteiger partial charge in [-0.05, 0) is 60.4 Å². The lowest BCUT2D eigenvalue weighted by atomic mass is 9.73. The highest BCUT2D eigenvalue weighted by molar-refractivity contribution is 6.30. The molecule has 0 aliphatic heterocycles. The summed E-state index contributed by atoms with van der Waals surface area (Å²) in [6.45, 7) is 1.86. The van der Waals surface area contributed by atoms with Crippen LogP contribution in [0.5, 0.6) is 5.75 Å². The van der Waals surface area contributed by atoms with Gasteiger partial charge < -0.3 is 9.47 Å². The van der Waals surface area contributed by atoms with E-state index in [1.807, 2.05) is 24.3 Å². The zero-order chi connectivity index (χ0) is 20.3. The van der Waals surface area contributed by atoms with E-state index < -0.39 is 23.6 Å². The molecule has 28 heavy (non-hydrogen) atoms. The minimum Gasteiger partial charge on any atom is -0.497 e. The number of allylic oxidation sites excluding steroid dienone is 2. The van der Waals surface area contributed by atoms with Gasteiger partial charge in [0.2, 0.25) is 0 Å². The number of esters is 1. The predicted octanol–water partition coefficient (Wildman–Crippen LogP) is 4.81. The molecule has 0 fully saturated rings. The van der Waals surface area contributed by atoms with Gasteiger partial charge in [0.1, 0.15) is 17.5 Å². The van der Waals surface area contributed by atoms with E-state index >= 15 is 0 Å². The number of benzene rings is 2. The summed E-state index contributed by atoms with van der Waals surface area (Å²) in [5.74, 6) is -2.30. The fraction of sp³-hybridized carbons (Fsp3) is 0.273. The molecule has 0 bridgehead atoms. The second-order valence-electron chi connectivity index (χ2n) is 6.52. The Morgan fingerprint density at radius 2 is 2.04 bits per heavy atom. The maximum absolute atomic E-state index is 13.6. The molecule has 0 unspecified atom stereocenters. The van der Waals surface area contributed by atoms with Gasteiger partial charge >= 0.3 is 5.97 Å². The maximum Gasteiger partial charge on any atom is 0.317 e. The SMILES string of the molecule is CCOC(=O)[C@H]1C(=O)C=C(c2cccc(OC)c2)C[C@H]1c1ccc(F)c(Cl)c1. The molecule has 1 aliphatic carbocycles. The van der Waals surface area contributed by atoms with Gasteiger partial charge in [0.05, 0.1) is 18.7 Å². The van der Waals surface area contributed by atoms with Gasteiger partial charge in [0.15, 0.2) is 5.78 Å². The van der Waals surface area contributed by atoms with Crippen molar-refractivity contribution < 1.29 is 23.5 Å². The third-order valence-corrected chi connectivity index (χ3v) is 5.11. The molecule has 2 aromatic carbocycles. The quantitative estimate of drug-likeness (QED) is 0.532. The van der Waals surface area contributed by atoms with E-state index in [4.69, 9.17) is 21.1 Å². The van der Waals surface area contributed by atoms with Crippen molar-refractivity contribution in [1.82, 2.24) is 0 Å². The molecule has 6 heteroatoms. The summed E-state index contributed by atoms with van der Waals surface area (Å²) in [5.41, 5.74) is 2.22. The van der Waals surface area contributed by atoms with Crippen LogP contribution in [0.4, 0.5) is 4.39 Å². The van der Waals surface area contributed by atoms with E-state index in [2.05, 4.69) is 0 Å². The molecular formula is C22H20ClFO4. The predicted molar refractivity (Wildman–Crippen MR) is 105 cm³/mol. The number of hydrogen-bond donors (Lipinski definition) is 0. The van der Waals surface area contributed by atoms with Gasteiger partial charge in [-0.2, -0.15) is 0 Å². The number of carbonyl (C=O) groups is 2. The van der Waals surface area contributed by atoms with Crippen LogP contribution in [-0.2, 0) is 14.3 Å². The van der Waals surface area contributed by atoms with Crippen LogP contribution < -0.4 is 4.74 Å². The minimum absolute atomic E-state index is 0.0509. The number of carbonyl (C=O) groups excluding carboxylic acids is 2. The molecule has 4 nitrogen and oxygen atoms in total. The van der Waals surface area contributed by atoms with Crippen molar-refractivity contribution in [2.24, 2.45) is 5.92 Å². The third-order valence-electron chi connectivity index (χ3n) is 4.82. The van der Waals surface area contributed by atoms with E-state index in [0.29, 0.717) is 17.7 Å². The van der Waals surface area contributed by atoms with Gasteiger partial charge in [-0.15, -0.1) is 0 Å². The first kappa shape index (κ1) is 20.1. The van der Waals surface area contributed by atoms with Gasteiger partial charge in [0, 0.05) is 5.92 Å². The zero-order valence-electron chi connectivity index (χ0n) is 15.6. The van der Waals surface area contributed by atoms with E-state index in [1.165, 1.54) is 18.2 Å². The molecule has 0 spiro atoms. The molecule has 0 radical (unpaired) electrons. The van der Waals surface area contributed by atoms with Crippen LogP contribution in [0, 0.1) is 11.7 Å². The molecular weight excluding hydrogens is 383 g/mol. The first-order chi connectivity index (χ1) is 13.4. The van der Waals surface area contributed by atoms with Crippen LogP contribution in [0.2, 0.25) is 5.02 Å². The number of rotatable bonds is 5. The monoisotopic (exact) mass is 402 g/mol. The van der Waals surface area contributed by atoms with E-state index in [9.17, 15) is 14.0 Å². The molecule has 0 aromatic heterocycles. The number of hydrogen-bond acceptors (Lipinski definition) is 4. The number of ketones is 1. The van der Waals surface area contributed by atoms with Crippen molar-refractivity contribution in [3.63, 3.8) is 0 Å². The number of methoxy groups -OCH3 is 1. The van der Waals surface area contributed by atoms with Crippen LogP contribution in [0.25, 0.3) is 5.57 Å². The highest BCUT2D eigenvalue weighted by atomic mass is 35.5. The van der Waals surface area contributed by atoms with Crippen LogP contribution in [-0.4, -0.2) is 25.5 Å². The first-order valence-corrected chi connectivity index (χ1v) is 9.32. The first-order valence-electron chi connectivity index (χ1n) is 8.95. The second kappa shape index (κ2) is 8.57. The van der Waals surface area contributed by atoms with Crippen LogP contribution in [0.15, 0.2) is 48.5 Å². The Morgan fingerprint density at radius 1 is 1.25 bits per heavy atom. The standard InChI is InChI=1S/C22H20ClFO4/c1-3-28-22(26)21-17(14-7-8-19(24)18(23)11-14)10-15(12-20(21)25)13-5-4-6-16(9-13)27-2/h4-9,11-12,17,21H,3,10H2,1-2H3/t17-,21+/m0/s1. The summed E-state index contributed by atoms with van der Waals surface area (Å²) in [4.78, 5) is 25.4. The van der Waals surface area contributed by atoms with Crippen LogP contribution in [0.3, 0.4) is 0 Å². The summed E-state index contributed by atoms with van der Waals surface area (Å²) in [7, 11) is 1.57. The largest absolute Gasteiger partial charge is 0.497 e. The molecule has 2 atom stereocenters. The lowest BCUT2D eigenvalue weighted by molar-refractivity contribution is -0.151. The Kier molecular flexibility index (Phi) is 6.15. The molecule has 146 valence electrons. The highest BCUT2D eigenvalue weighted by Gasteiger charge is 2.40. The van der Waals surface area contributed by atoms with Gasteiger partial charge in [-0.25, -0.2) is 4.39 Å². The van der Waals surface area contributed by atoms with Crippen molar-refractivity contribution in [2.75, 3.05) is 13.7 Å². The minimum atomic E-state index is -0.990.